The number of carbonyl (C=O) groups excluding carboxylic acids is 1. The number of ether oxygens (including phenoxy) is 1. The number of fused-ring (bicyclic) bond motifs is 2. The third-order valence-corrected chi connectivity index (χ3v) is 7.27. The second kappa shape index (κ2) is 21.3. The Labute approximate surface area is 321 Å². The van der Waals surface area contributed by atoms with E-state index in [-0.39, 0.29) is 53.7 Å². The van der Waals surface area contributed by atoms with E-state index in [2.05, 4.69) is 162 Å². The van der Waals surface area contributed by atoms with E-state index in [9.17, 15) is 4.79 Å². The van der Waals surface area contributed by atoms with Gasteiger partial charge in [0.1, 0.15) is 6.61 Å². The number of halogens is 4. The molecular weight excluding hydrogens is 1060 g/mol. The van der Waals surface area contributed by atoms with Crippen LogP contribution in [0.1, 0.15) is 22.3 Å². The van der Waals surface area contributed by atoms with Gasteiger partial charge in [0.15, 0.2) is 0 Å². The van der Waals surface area contributed by atoms with Crippen molar-refractivity contribution in [3.8, 4) is 0 Å². The summed E-state index contributed by atoms with van der Waals surface area (Å²) < 4.78 is 4.94. The molecule has 250 valence electrons. The molecule has 6 N–H and O–H groups in total. The van der Waals surface area contributed by atoms with Crippen molar-refractivity contribution in [2.45, 2.75) is 37.8 Å². The van der Waals surface area contributed by atoms with E-state index >= 15 is 0 Å². The molecule has 1 aliphatic heterocycles. The van der Waals surface area contributed by atoms with Gasteiger partial charge in [-0.25, -0.2) is 4.79 Å². The van der Waals surface area contributed by atoms with Crippen LogP contribution in [0.5, 0.6) is 0 Å². The van der Waals surface area contributed by atoms with Crippen molar-refractivity contribution in [1.82, 2.24) is 25.1 Å². The molecule has 45 heavy (non-hydrogen) atoms. The van der Waals surface area contributed by atoms with Gasteiger partial charge in [0.25, 0.3) is 0 Å². The number of hydrogen-bond donors (Lipinski definition) is 5. The van der Waals surface area contributed by atoms with Crippen molar-refractivity contribution in [2.24, 2.45) is 5.73 Å². The van der Waals surface area contributed by atoms with Crippen LogP contribution >= 0.6 is 83.9 Å². The van der Waals surface area contributed by atoms with Crippen LogP contribution in [0.2, 0.25) is 0 Å². The number of nitrogens with two attached hydrogens (primary N) is 1. The molecule has 0 aliphatic carbocycles. The molecule has 1 fully saturated rings. The number of alkyl carbamates (subject to hydrolysis) is 1. The maximum absolute atomic E-state index is 11.1. The molecule has 2 aromatic carbocycles. The third-order valence-electron chi connectivity index (χ3n) is 7.27. The van der Waals surface area contributed by atoms with E-state index in [0.717, 1.165) is 37.9 Å². The molecule has 1 aliphatic rings. The molecule has 14 heteroatoms. The van der Waals surface area contributed by atoms with Gasteiger partial charge in [-0.3, -0.25) is 0 Å². The van der Waals surface area contributed by atoms with Gasteiger partial charge >= 0.3 is 71.0 Å². The summed E-state index contributed by atoms with van der Waals surface area (Å²) in [7, 11) is 8.34. The fourth-order valence-electron chi connectivity index (χ4n) is 4.99. The van der Waals surface area contributed by atoms with Gasteiger partial charge in [0, 0.05) is 53.3 Å². The number of aromatic amines is 2. The van der Waals surface area contributed by atoms with Crippen molar-refractivity contribution in [3.05, 3.63) is 71.0 Å². The molecule has 0 bridgehead atoms. The van der Waals surface area contributed by atoms with Gasteiger partial charge in [-0.05, 0) is 100 Å². The number of rotatable bonds is 11. The summed E-state index contributed by atoms with van der Waals surface area (Å²) >= 11 is 7.39. The number of nitrogens with zero attached hydrogens (tertiary/aromatic N) is 2. The number of aromatic nitrogens is 2. The van der Waals surface area contributed by atoms with Gasteiger partial charge in [-0.1, -0.05) is 12.1 Å². The summed E-state index contributed by atoms with van der Waals surface area (Å²) in [5.74, 6) is 0. The molecule has 9 nitrogen and oxygen atoms in total. The van der Waals surface area contributed by atoms with Gasteiger partial charge < -0.3 is 40.7 Å². The molecule has 0 radical (unpaired) electrons. The second-order valence-electron chi connectivity index (χ2n) is 11.5. The summed E-state index contributed by atoms with van der Waals surface area (Å²) in [4.78, 5) is 21.8. The average Bonchev–Trinajstić information content (AvgIpc) is 3.68. The summed E-state index contributed by atoms with van der Waals surface area (Å²) in [6.45, 7) is 2.55. The number of cyclic esters (lactones) is 1. The van der Waals surface area contributed by atoms with E-state index in [1.807, 2.05) is 0 Å². The first-order valence-electron chi connectivity index (χ1n) is 14.5. The zero-order valence-electron chi connectivity index (χ0n) is 26.2. The standard InChI is InChI=1S/C16H21N3O2.C15H23N3O.4HI.V/c1-19(2)6-5-12-9-17-15-4-3-11(8-14(12)15)7-13-10-21-16(20)18-13;1-18(2)6-5-12-9-17-15-4-3-11(8-14(12)15)7-13(16)10-19;;;;;/h3-4,8-9,13,17H,5-7,10H2,1-2H3,(H,18,20);3-4,8-9,13,17,19H,5-7,10,16H2,1-2H3;4*1H;/q;;;;;;+3/p-3. The molecule has 1 saturated heterocycles. The normalized spacial score (nSPS) is 14.9. The van der Waals surface area contributed by atoms with Crippen molar-refractivity contribution >= 4 is 112 Å². The van der Waals surface area contributed by atoms with Crippen molar-refractivity contribution < 1.29 is 19.6 Å². The van der Waals surface area contributed by atoms with Gasteiger partial charge in [-0.2, -0.15) is 0 Å². The second-order valence-corrected chi connectivity index (χ2v) is 46.8. The quantitative estimate of drug-likeness (QED) is 0.112. The number of amides is 1. The van der Waals surface area contributed by atoms with Crippen LogP contribution in [0, 0.1) is 0 Å². The molecule has 0 saturated carbocycles. The topological polar surface area (TPSA) is 123 Å². The van der Waals surface area contributed by atoms with E-state index in [0.29, 0.717) is 13.0 Å². The molecule has 1 amide bonds. The van der Waals surface area contributed by atoms with Gasteiger partial charge in [0.05, 0.1) is 12.6 Å². The van der Waals surface area contributed by atoms with E-state index in [1.54, 1.807) is 0 Å². The summed E-state index contributed by atoms with van der Waals surface area (Å²) in [5.41, 5.74) is 13.2. The Bertz CT molecular complexity index is 1460. The van der Waals surface area contributed by atoms with Crippen LogP contribution in [-0.2, 0) is 35.3 Å². The first kappa shape index (κ1) is 41.3. The van der Waals surface area contributed by atoms with Crippen LogP contribution < -0.4 is 11.1 Å². The molecular formula is C31H45I4N6O3V. The number of carbonyl (C=O) groups is 1. The molecule has 2 aromatic heterocycles. The Morgan fingerprint density at radius 2 is 1.42 bits per heavy atom. The molecule has 3 heterocycles. The van der Waals surface area contributed by atoms with Crippen LogP contribution in [-0.4, -0.2) is 97.5 Å². The Hall–Kier alpha value is 0.134. The number of H-pyrrole nitrogens is 2. The van der Waals surface area contributed by atoms with E-state index in [4.69, 9.17) is 15.6 Å². The monoisotopic (exact) mass is 1110 g/mol. The molecule has 5 rings (SSSR count). The Kier molecular flexibility index (Phi) is 19.5. The zero-order chi connectivity index (χ0) is 32.2. The number of hydrogen-bond acceptors (Lipinski definition) is 6. The summed E-state index contributed by atoms with van der Waals surface area (Å²) in [5, 5.41) is 14.4. The molecule has 2 unspecified atom stereocenters. The van der Waals surface area contributed by atoms with E-state index < -0.39 is 0 Å². The van der Waals surface area contributed by atoms with Crippen LogP contribution in [0.15, 0.2) is 48.8 Å². The minimum atomic E-state index is -0.311. The SMILES string of the molecule is CN(C)CCc1c[nH]c2ccc(CC(N)CO)cc12.CN(C)CCc1c[nH]c2ccc(CC3COC(=O)N3)cc12.I.[I][V]([I])[I]. The Morgan fingerprint density at radius 3 is 1.87 bits per heavy atom. The summed E-state index contributed by atoms with van der Waals surface area (Å²) in [6, 6.07) is 12.7. The average molecular weight is 1110 g/mol. The number of benzene rings is 2. The van der Waals surface area contributed by atoms with Crippen molar-refractivity contribution in [3.63, 3.8) is 0 Å². The zero-order valence-corrected chi connectivity index (χ0v) is 36.4. The maximum atomic E-state index is 11.1. The third kappa shape index (κ3) is 14.6. The van der Waals surface area contributed by atoms with Crippen molar-refractivity contribution in [2.75, 3.05) is 54.5 Å². The van der Waals surface area contributed by atoms with Gasteiger partial charge in [0.2, 0.25) is 0 Å². The van der Waals surface area contributed by atoms with E-state index in [1.165, 1.54) is 38.5 Å². The molecule has 4 aromatic rings. The first-order chi connectivity index (χ1) is 20.9. The predicted octanol–water partition coefficient (Wildman–Crippen LogP) is 6.33. The predicted molar refractivity (Wildman–Crippen MR) is 219 cm³/mol. The number of aliphatic hydroxyl groups is 1. The molecule has 2 atom stereocenters. The fourth-order valence-corrected chi connectivity index (χ4v) is 4.99. The Balaban J connectivity index is 0.000000276. The van der Waals surface area contributed by atoms with Crippen LogP contribution in [0.3, 0.4) is 0 Å². The van der Waals surface area contributed by atoms with Gasteiger partial charge in [-0.15, -0.1) is 24.0 Å². The molecule has 0 spiro atoms. The van der Waals surface area contributed by atoms with Crippen LogP contribution in [0.4, 0.5) is 4.79 Å². The number of likely N-dealkylation sites (N-methyl/N-ethyl adjacent to an activating group) is 2. The summed E-state index contributed by atoms with van der Waals surface area (Å²) in [6.07, 6.45) is 7.45. The van der Waals surface area contributed by atoms with Crippen LogP contribution in [0.25, 0.3) is 21.8 Å². The minimum absolute atomic E-state index is 0. The fraction of sp³-hybridized carbons (Fsp3) is 0.452. The number of aliphatic hydroxyl groups excluding tert-OH is 1. The number of nitrogens with one attached hydrogen (secondary N) is 3. The van der Waals surface area contributed by atoms with Crippen molar-refractivity contribution in [1.29, 1.82) is 0 Å². The first-order valence-corrected chi connectivity index (χ1v) is 28.0. The Morgan fingerprint density at radius 1 is 0.933 bits per heavy atom.